The zero-order valence-corrected chi connectivity index (χ0v) is 5.11. The number of nitrogens with two attached hydrogens (primary N) is 2. The summed E-state index contributed by atoms with van der Waals surface area (Å²) in [6.07, 6.45) is 0.530. The van der Waals surface area contributed by atoms with Crippen molar-refractivity contribution in [2.75, 3.05) is 11.5 Å². The molecular formula is C5H6N4O. The van der Waals surface area contributed by atoms with Crippen LogP contribution in [0.25, 0.3) is 0 Å². The molecular weight excluding hydrogens is 132 g/mol. The lowest BCUT2D eigenvalue weighted by Gasteiger charge is -1.94. The Morgan fingerprint density at radius 1 is 1.40 bits per heavy atom. The Morgan fingerprint density at radius 2 is 2.10 bits per heavy atom. The summed E-state index contributed by atoms with van der Waals surface area (Å²) in [5.74, 6) is 0.211. The molecule has 0 aliphatic carbocycles. The van der Waals surface area contributed by atoms with Gasteiger partial charge in [0.1, 0.15) is 11.5 Å². The summed E-state index contributed by atoms with van der Waals surface area (Å²) >= 11 is 0. The van der Waals surface area contributed by atoms with Gasteiger partial charge in [-0.1, -0.05) is 0 Å². The van der Waals surface area contributed by atoms with Crippen molar-refractivity contribution in [3.05, 3.63) is 11.8 Å². The summed E-state index contributed by atoms with van der Waals surface area (Å²) in [5.41, 5.74) is 10.9. The van der Waals surface area contributed by atoms with Gasteiger partial charge in [-0.25, -0.2) is 0 Å². The van der Waals surface area contributed by atoms with E-state index in [9.17, 15) is 4.79 Å². The fraction of sp³-hybridized carbons (Fsp3) is 0. The van der Waals surface area contributed by atoms with Gasteiger partial charge in [0.05, 0.1) is 5.69 Å². The highest BCUT2D eigenvalue weighted by Crippen LogP contribution is 2.06. The lowest BCUT2D eigenvalue weighted by atomic mass is 10.3. The Bertz CT molecular complexity index is 260. The van der Waals surface area contributed by atoms with Crippen molar-refractivity contribution in [2.24, 2.45) is 0 Å². The molecule has 0 atom stereocenters. The minimum Gasteiger partial charge on any atom is -0.397 e. The Hall–Kier alpha value is -1.65. The van der Waals surface area contributed by atoms with Gasteiger partial charge in [-0.05, 0) is 0 Å². The second-order valence-corrected chi connectivity index (χ2v) is 1.73. The van der Waals surface area contributed by atoms with Crippen molar-refractivity contribution in [1.82, 2.24) is 10.2 Å². The van der Waals surface area contributed by atoms with E-state index in [0.717, 1.165) is 0 Å². The van der Waals surface area contributed by atoms with Gasteiger partial charge in [-0.3, -0.25) is 4.79 Å². The molecule has 1 heterocycles. The fourth-order valence-corrected chi connectivity index (χ4v) is 0.523. The van der Waals surface area contributed by atoms with Crippen LogP contribution in [0.1, 0.15) is 10.5 Å². The van der Waals surface area contributed by atoms with Crippen LogP contribution in [0, 0.1) is 0 Å². The number of rotatable bonds is 1. The van der Waals surface area contributed by atoms with Crippen LogP contribution >= 0.6 is 0 Å². The number of aromatic nitrogens is 2. The number of hydrogen-bond donors (Lipinski definition) is 2. The molecule has 0 aliphatic rings. The normalized spacial score (nSPS) is 9.20. The van der Waals surface area contributed by atoms with E-state index < -0.39 is 0 Å². The van der Waals surface area contributed by atoms with E-state index in [-0.39, 0.29) is 17.2 Å². The highest BCUT2D eigenvalue weighted by Gasteiger charge is 1.98. The number of hydrogen-bond acceptors (Lipinski definition) is 5. The Morgan fingerprint density at radius 3 is 2.60 bits per heavy atom. The molecule has 0 amide bonds. The van der Waals surface area contributed by atoms with E-state index in [1.165, 1.54) is 6.07 Å². The molecule has 0 radical (unpaired) electrons. The Balaban J connectivity index is 3.19. The van der Waals surface area contributed by atoms with Crippen LogP contribution in [0.2, 0.25) is 0 Å². The fourth-order valence-electron chi connectivity index (χ4n) is 0.523. The van der Waals surface area contributed by atoms with Crippen molar-refractivity contribution in [1.29, 1.82) is 0 Å². The molecule has 52 valence electrons. The third-order valence-corrected chi connectivity index (χ3v) is 0.984. The number of nitrogens with zero attached hydrogens (tertiary/aromatic N) is 2. The number of carbonyl (C=O) groups is 1. The molecule has 0 spiro atoms. The van der Waals surface area contributed by atoms with E-state index in [2.05, 4.69) is 10.2 Å². The monoisotopic (exact) mass is 138 g/mol. The SMILES string of the molecule is Nc1cc(N)c(C=O)nn1. The number of carbonyl (C=O) groups excluding carboxylic acids is 1. The van der Waals surface area contributed by atoms with Crippen molar-refractivity contribution < 1.29 is 4.79 Å². The summed E-state index contributed by atoms with van der Waals surface area (Å²) < 4.78 is 0. The van der Waals surface area contributed by atoms with Crippen LogP contribution in [0.4, 0.5) is 11.5 Å². The molecule has 10 heavy (non-hydrogen) atoms. The second kappa shape index (κ2) is 2.30. The molecule has 0 aromatic carbocycles. The van der Waals surface area contributed by atoms with Gasteiger partial charge in [0.25, 0.3) is 0 Å². The predicted molar refractivity (Wildman–Crippen MR) is 36.2 cm³/mol. The molecule has 1 aromatic rings. The van der Waals surface area contributed by atoms with Gasteiger partial charge in [-0.15, -0.1) is 10.2 Å². The lowest BCUT2D eigenvalue weighted by molar-refractivity contribution is 0.111. The first-order chi connectivity index (χ1) is 4.74. The first-order valence-electron chi connectivity index (χ1n) is 2.58. The molecule has 1 rings (SSSR count). The van der Waals surface area contributed by atoms with E-state index in [1.807, 2.05) is 0 Å². The average molecular weight is 138 g/mol. The van der Waals surface area contributed by atoms with Crippen LogP contribution < -0.4 is 11.5 Å². The van der Waals surface area contributed by atoms with Crippen LogP contribution in [0.3, 0.4) is 0 Å². The average Bonchev–Trinajstić information content (AvgIpc) is 1.88. The maximum atomic E-state index is 10.1. The lowest BCUT2D eigenvalue weighted by Crippen LogP contribution is -2.01. The maximum Gasteiger partial charge on any atom is 0.172 e. The van der Waals surface area contributed by atoms with Crippen molar-refractivity contribution in [2.45, 2.75) is 0 Å². The summed E-state index contributed by atoms with van der Waals surface area (Å²) in [6.45, 7) is 0. The molecule has 5 nitrogen and oxygen atoms in total. The molecule has 0 saturated carbocycles. The zero-order valence-electron chi connectivity index (χ0n) is 5.11. The third kappa shape index (κ3) is 1.02. The standard InChI is InChI=1S/C5H6N4O/c6-3-1-5(7)9-8-4(3)2-10/h1-2H,(H4,6,7,9). The van der Waals surface area contributed by atoms with Gasteiger partial charge < -0.3 is 11.5 Å². The third-order valence-electron chi connectivity index (χ3n) is 0.984. The number of anilines is 2. The van der Waals surface area contributed by atoms with Crippen LogP contribution in [-0.2, 0) is 0 Å². The molecule has 4 N–H and O–H groups in total. The Kier molecular flexibility index (Phi) is 1.49. The first kappa shape index (κ1) is 6.47. The zero-order chi connectivity index (χ0) is 7.56. The minimum absolute atomic E-state index is 0.120. The molecule has 0 aliphatic heterocycles. The second-order valence-electron chi connectivity index (χ2n) is 1.73. The van der Waals surface area contributed by atoms with Crippen molar-refractivity contribution >= 4 is 17.8 Å². The van der Waals surface area contributed by atoms with Crippen LogP contribution in [0.15, 0.2) is 6.07 Å². The van der Waals surface area contributed by atoms with Crippen LogP contribution in [-0.4, -0.2) is 16.5 Å². The van der Waals surface area contributed by atoms with E-state index in [1.54, 1.807) is 0 Å². The molecule has 0 bridgehead atoms. The van der Waals surface area contributed by atoms with Crippen LogP contribution in [0.5, 0.6) is 0 Å². The summed E-state index contributed by atoms with van der Waals surface area (Å²) in [4.78, 5) is 10.1. The molecule has 5 heteroatoms. The first-order valence-corrected chi connectivity index (χ1v) is 2.58. The van der Waals surface area contributed by atoms with Gasteiger partial charge in [0.15, 0.2) is 6.29 Å². The molecule has 0 fully saturated rings. The summed E-state index contributed by atoms with van der Waals surface area (Å²) in [6, 6.07) is 1.39. The molecule has 0 saturated heterocycles. The molecule has 0 unspecified atom stereocenters. The topological polar surface area (TPSA) is 94.9 Å². The van der Waals surface area contributed by atoms with Crippen molar-refractivity contribution in [3.8, 4) is 0 Å². The smallest absolute Gasteiger partial charge is 0.172 e. The van der Waals surface area contributed by atoms with Gasteiger partial charge >= 0.3 is 0 Å². The predicted octanol–water partition coefficient (Wildman–Crippen LogP) is -0.547. The van der Waals surface area contributed by atoms with E-state index in [0.29, 0.717) is 6.29 Å². The van der Waals surface area contributed by atoms with Gasteiger partial charge in [0.2, 0.25) is 0 Å². The maximum absolute atomic E-state index is 10.1. The highest BCUT2D eigenvalue weighted by molar-refractivity contribution is 5.80. The van der Waals surface area contributed by atoms with Crippen molar-refractivity contribution in [3.63, 3.8) is 0 Å². The minimum atomic E-state index is 0.120. The Labute approximate surface area is 57.0 Å². The van der Waals surface area contributed by atoms with E-state index >= 15 is 0 Å². The van der Waals surface area contributed by atoms with Gasteiger partial charge in [0, 0.05) is 6.07 Å². The summed E-state index contributed by atoms with van der Waals surface area (Å²) in [7, 11) is 0. The number of aldehydes is 1. The van der Waals surface area contributed by atoms with Gasteiger partial charge in [-0.2, -0.15) is 0 Å². The molecule has 1 aromatic heterocycles. The largest absolute Gasteiger partial charge is 0.397 e. The number of nitrogen functional groups attached to an aromatic ring is 2. The van der Waals surface area contributed by atoms with E-state index in [4.69, 9.17) is 11.5 Å². The highest BCUT2D eigenvalue weighted by atomic mass is 16.1. The quantitative estimate of drug-likeness (QED) is 0.508. The summed E-state index contributed by atoms with van der Waals surface area (Å²) in [5, 5.41) is 6.86.